The van der Waals surface area contributed by atoms with Gasteiger partial charge in [0.15, 0.2) is 0 Å². The summed E-state index contributed by atoms with van der Waals surface area (Å²) in [5, 5.41) is 5.94. The number of thiophene rings is 1. The van der Waals surface area contributed by atoms with E-state index >= 15 is 0 Å². The van der Waals surface area contributed by atoms with Crippen molar-refractivity contribution in [3.05, 3.63) is 58.4 Å². The van der Waals surface area contributed by atoms with Crippen molar-refractivity contribution in [2.45, 2.75) is 13.3 Å². The number of carbonyl (C=O) groups excluding carboxylic acids is 1. The lowest BCUT2D eigenvalue weighted by Gasteiger charge is -2.09. The molecule has 0 radical (unpaired) electrons. The molecule has 1 N–H and O–H groups in total. The molecule has 0 unspecified atom stereocenters. The molecule has 0 bridgehead atoms. The predicted octanol–water partition coefficient (Wildman–Crippen LogP) is 3.79. The van der Waals surface area contributed by atoms with Crippen molar-refractivity contribution in [2.24, 2.45) is 0 Å². The minimum Gasteiger partial charge on any atom is -0.325 e. The third-order valence-electron chi connectivity index (χ3n) is 3.16. The van der Waals surface area contributed by atoms with Crippen LogP contribution in [0.1, 0.15) is 10.4 Å². The van der Waals surface area contributed by atoms with Gasteiger partial charge in [0.25, 0.3) is 0 Å². The average Bonchev–Trinajstić information content (AvgIpc) is 2.95. The first-order valence-corrected chi connectivity index (χ1v) is 7.28. The van der Waals surface area contributed by atoms with Crippen molar-refractivity contribution in [1.82, 2.24) is 4.98 Å². The van der Waals surface area contributed by atoms with Gasteiger partial charge in [0, 0.05) is 16.5 Å². The van der Waals surface area contributed by atoms with Gasteiger partial charge in [0.05, 0.1) is 17.6 Å². The van der Waals surface area contributed by atoms with Crippen LogP contribution in [-0.2, 0) is 11.2 Å². The Balaban J connectivity index is 1.87. The second-order valence-corrected chi connectivity index (χ2v) is 5.67. The third kappa shape index (κ3) is 2.56. The highest BCUT2D eigenvalue weighted by atomic mass is 32.1. The Morgan fingerprint density at radius 3 is 2.95 bits per heavy atom. The van der Waals surface area contributed by atoms with Crippen LogP contribution in [0.5, 0.6) is 0 Å². The van der Waals surface area contributed by atoms with Crippen LogP contribution >= 0.6 is 11.3 Å². The monoisotopic (exact) mass is 282 g/mol. The third-order valence-corrected chi connectivity index (χ3v) is 4.04. The lowest BCUT2D eigenvalue weighted by molar-refractivity contribution is -0.115. The number of benzene rings is 1. The number of pyridine rings is 1. The van der Waals surface area contributed by atoms with Gasteiger partial charge in [-0.3, -0.25) is 9.78 Å². The van der Waals surface area contributed by atoms with E-state index in [9.17, 15) is 4.79 Å². The Hall–Kier alpha value is -2.20. The fourth-order valence-corrected chi connectivity index (χ4v) is 2.89. The van der Waals surface area contributed by atoms with Gasteiger partial charge in [-0.1, -0.05) is 12.1 Å². The lowest BCUT2D eigenvalue weighted by Crippen LogP contribution is -2.14. The highest BCUT2D eigenvalue weighted by Gasteiger charge is 2.09. The van der Waals surface area contributed by atoms with Crippen molar-refractivity contribution in [1.29, 1.82) is 0 Å². The topological polar surface area (TPSA) is 42.0 Å². The van der Waals surface area contributed by atoms with E-state index in [1.807, 2.05) is 48.7 Å². The van der Waals surface area contributed by atoms with Crippen LogP contribution in [0.15, 0.2) is 48.0 Å². The first kappa shape index (κ1) is 12.8. The number of aromatic nitrogens is 1. The summed E-state index contributed by atoms with van der Waals surface area (Å²) in [6.45, 7) is 2.02. The second-order valence-electron chi connectivity index (χ2n) is 4.63. The van der Waals surface area contributed by atoms with Crippen LogP contribution in [0.2, 0.25) is 0 Å². The standard InChI is InChI=1S/C16H14N2OS/c1-11-6-7-14(13-5-2-8-17-16(11)13)18-15(19)10-12-4-3-9-20-12/h2-9H,10H2,1H3,(H,18,19). The summed E-state index contributed by atoms with van der Waals surface area (Å²) in [7, 11) is 0. The molecule has 3 aromatic rings. The number of aryl methyl sites for hydroxylation is 1. The fraction of sp³-hybridized carbons (Fsp3) is 0.125. The molecular formula is C16H14N2OS. The molecule has 3 rings (SSSR count). The molecule has 3 nitrogen and oxygen atoms in total. The number of carbonyl (C=O) groups is 1. The van der Waals surface area contributed by atoms with E-state index in [0.717, 1.165) is 27.0 Å². The molecule has 100 valence electrons. The van der Waals surface area contributed by atoms with Crippen LogP contribution in [0, 0.1) is 6.92 Å². The van der Waals surface area contributed by atoms with Gasteiger partial charge in [0.2, 0.25) is 5.91 Å². The van der Waals surface area contributed by atoms with Gasteiger partial charge in [-0.2, -0.15) is 0 Å². The van der Waals surface area contributed by atoms with E-state index in [-0.39, 0.29) is 5.91 Å². The fourth-order valence-electron chi connectivity index (χ4n) is 2.19. The number of nitrogens with zero attached hydrogens (tertiary/aromatic N) is 1. The van der Waals surface area contributed by atoms with Gasteiger partial charge in [-0.15, -0.1) is 11.3 Å². The first-order chi connectivity index (χ1) is 9.74. The van der Waals surface area contributed by atoms with Crippen LogP contribution in [0.25, 0.3) is 10.9 Å². The molecule has 1 aromatic carbocycles. The molecule has 0 aliphatic rings. The summed E-state index contributed by atoms with van der Waals surface area (Å²) in [6.07, 6.45) is 2.18. The van der Waals surface area contributed by atoms with Gasteiger partial charge in [-0.05, 0) is 42.1 Å². The zero-order valence-corrected chi connectivity index (χ0v) is 11.9. The molecule has 0 saturated carbocycles. The summed E-state index contributed by atoms with van der Waals surface area (Å²) < 4.78 is 0. The van der Waals surface area contributed by atoms with Gasteiger partial charge < -0.3 is 5.32 Å². The minimum atomic E-state index is 0.00135. The zero-order valence-electron chi connectivity index (χ0n) is 11.1. The Kier molecular flexibility index (Phi) is 3.48. The maximum Gasteiger partial charge on any atom is 0.229 e. The van der Waals surface area contributed by atoms with Crippen LogP contribution < -0.4 is 5.32 Å². The SMILES string of the molecule is Cc1ccc(NC(=O)Cc2cccs2)c2cccnc12. The molecule has 0 aliphatic heterocycles. The molecular weight excluding hydrogens is 268 g/mol. The minimum absolute atomic E-state index is 0.00135. The van der Waals surface area contributed by atoms with Crippen LogP contribution in [-0.4, -0.2) is 10.9 Å². The number of hydrogen-bond donors (Lipinski definition) is 1. The Bertz CT molecular complexity index is 750. The maximum atomic E-state index is 12.1. The number of rotatable bonds is 3. The van der Waals surface area contributed by atoms with Crippen molar-refractivity contribution in [3.63, 3.8) is 0 Å². The van der Waals surface area contributed by atoms with E-state index < -0.39 is 0 Å². The van der Waals surface area contributed by atoms with E-state index in [1.165, 1.54) is 0 Å². The molecule has 0 atom stereocenters. The molecule has 0 aliphatic carbocycles. The molecule has 2 aromatic heterocycles. The number of fused-ring (bicyclic) bond motifs is 1. The van der Waals surface area contributed by atoms with E-state index in [0.29, 0.717) is 6.42 Å². The van der Waals surface area contributed by atoms with E-state index in [2.05, 4.69) is 10.3 Å². The summed E-state index contributed by atoms with van der Waals surface area (Å²) in [5.41, 5.74) is 2.86. The van der Waals surface area contributed by atoms with Gasteiger partial charge in [-0.25, -0.2) is 0 Å². The highest BCUT2D eigenvalue weighted by molar-refractivity contribution is 7.10. The average molecular weight is 282 g/mol. The highest BCUT2D eigenvalue weighted by Crippen LogP contribution is 2.24. The molecule has 0 fully saturated rings. The number of nitrogens with one attached hydrogen (secondary N) is 1. The van der Waals surface area contributed by atoms with Gasteiger partial charge >= 0.3 is 0 Å². The number of anilines is 1. The second kappa shape index (κ2) is 5.43. The molecule has 0 saturated heterocycles. The summed E-state index contributed by atoms with van der Waals surface area (Å²) >= 11 is 1.59. The molecule has 0 spiro atoms. The Morgan fingerprint density at radius 1 is 1.25 bits per heavy atom. The Morgan fingerprint density at radius 2 is 2.15 bits per heavy atom. The maximum absolute atomic E-state index is 12.1. The van der Waals surface area contributed by atoms with Crippen molar-refractivity contribution < 1.29 is 4.79 Å². The smallest absolute Gasteiger partial charge is 0.229 e. The number of amides is 1. The predicted molar refractivity (Wildman–Crippen MR) is 83.1 cm³/mol. The Labute approximate surface area is 121 Å². The van der Waals surface area contributed by atoms with Gasteiger partial charge in [0.1, 0.15) is 0 Å². The molecule has 4 heteroatoms. The lowest BCUT2D eigenvalue weighted by atomic mass is 10.1. The van der Waals surface area contributed by atoms with Crippen LogP contribution in [0.4, 0.5) is 5.69 Å². The molecule has 2 heterocycles. The first-order valence-electron chi connectivity index (χ1n) is 6.40. The number of hydrogen-bond acceptors (Lipinski definition) is 3. The van der Waals surface area contributed by atoms with E-state index in [1.54, 1.807) is 17.5 Å². The molecule has 1 amide bonds. The summed E-state index contributed by atoms with van der Waals surface area (Å²) in [5.74, 6) is 0.00135. The van der Waals surface area contributed by atoms with Crippen molar-refractivity contribution in [3.8, 4) is 0 Å². The zero-order chi connectivity index (χ0) is 13.9. The van der Waals surface area contributed by atoms with Crippen molar-refractivity contribution in [2.75, 3.05) is 5.32 Å². The summed E-state index contributed by atoms with van der Waals surface area (Å²) in [6, 6.07) is 11.7. The van der Waals surface area contributed by atoms with E-state index in [4.69, 9.17) is 0 Å². The van der Waals surface area contributed by atoms with Crippen molar-refractivity contribution >= 4 is 33.8 Å². The van der Waals surface area contributed by atoms with Crippen LogP contribution in [0.3, 0.4) is 0 Å². The quantitative estimate of drug-likeness (QED) is 0.794. The summed E-state index contributed by atoms with van der Waals surface area (Å²) in [4.78, 5) is 17.5. The normalized spacial score (nSPS) is 10.7. The molecule has 20 heavy (non-hydrogen) atoms. The largest absolute Gasteiger partial charge is 0.325 e.